The van der Waals surface area contributed by atoms with Gasteiger partial charge in [0.15, 0.2) is 0 Å². The minimum absolute atomic E-state index is 0.0491. The van der Waals surface area contributed by atoms with E-state index in [1.54, 1.807) is 6.20 Å². The van der Waals surface area contributed by atoms with E-state index in [-0.39, 0.29) is 5.91 Å². The molecule has 7 nitrogen and oxygen atoms in total. The van der Waals surface area contributed by atoms with E-state index in [0.29, 0.717) is 13.0 Å². The minimum atomic E-state index is -0.0491. The summed E-state index contributed by atoms with van der Waals surface area (Å²) in [6.45, 7) is 6.09. The Kier molecular flexibility index (Phi) is 7.60. The molecular formula is C23H27N5O2S. The number of rotatable bonds is 9. The molecule has 0 unspecified atom stereocenters. The predicted molar refractivity (Wildman–Crippen MR) is 124 cm³/mol. The predicted octanol–water partition coefficient (Wildman–Crippen LogP) is 3.06. The Morgan fingerprint density at radius 3 is 2.97 bits per heavy atom. The van der Waals surface area contributed by atoms with Gasteiger partial charge in [0.05, 0.1) is 23.7 Å². The topological polar surface area (TPSA) is 79.4 Å². The number of nitrogens with one attached hydrogen (secondary N) is 2. The van der Waals surface area contributed by atoms with Crippen LogP contribution in [0.3, 0.4) is 0 Å². The van der Waals surface area contributed by atoms with E-state index < -0.39 is 0 Å². The van der Waals surface area contributed by atoms with Crippen molar-refractivity contribution in [1.29, 1.82) is 0 Å². The first-order chi connectivity index (χ1) is 15.3. The number of nitrogens with zero attached hydrogens (tertiary/aromatic N) is 3. The van der Waals surface area contributed by atoms with Crippen LogP contribution in [0, 0.1) is 0 Å². The highest BCUT2D eigenvalue weighted by Gasteiger charge is 2.10. The van der Waals surface area contributed by atoms with Gasteiger partial charge in [0.25, 0.3) is 0 Å². The lowest BCUT2D eigenvalue weighted by atomic mass is 10.1. The van der Waals surface area contributed by atoms with E-state index in [1.165, 1.54) is 17.7 Å². The van der Waals surface area contributed by atoms with Crippen LogP contribution in [0.4, 0.5) is 5.00 Å². The van der Waals surface area contributed by atoms with Gasteiger partial charge in [0.2, 0.25) is 5.91 Å². The van der Waals surface area contributed by atoms with Crippen LogP contribution in [0.2, 0.25) is 0 Å². The van der Waals surface area contributed by atoms with Gasteiger partial charge < -0.3 is 20.3 Å². The molecule has 1 aromatic carbocycles. The number of aromatic nitrogens is 2. The smallest absolute Gasteiger partial charge is 0.229 e. The third-order valence-corrected chi connectivity index (χ3v) is 5.95. The first-order valence-electron chi connectivity index (χ1n) is 10.6. The molecule has 1 amide bonds. The fraction of sp³-hybridized carbons (Fsp3) is 0.348. The van der Waals surface area contributed by atoms with Crippen molar-refractivity contribution in [3.63, 3.8) is 0 Å². The Hall–Kier alpha value is -2.81. The third-order valence-electron chi connectivity index (χ3n) is 5.10. The molecule has 1 fully saturated rings. The van der Waals surface area contributed by atoms with Crippen LogP contribution in [0.5, 0.6) is 5.75 Å². The molecule has 1 aliphatic heterocycles. The highest BCUT2D eigenvalue weighted by Crippen LogP contribution is 2.27. The molecule has 0 saturated carbocycles. The first-order valence-corrected chi connectivity index (χ1v) is 11.4. The Balaban J connectivity index is 1.23. The molecule has 0 radical (unpaired) electrons. The summed E-state index contributed by atoms with van der Waals surface area (Å²) in [7, 11) is 0. The SMILES string of the molecule is O=C(Cc1cccc(OCCCN2CCNCC2)c1)Nc1cc(-c2ccncn2)cs1. The number of amides is 1. The fourth-order valence-electron chi connectivity index (χ4n) is 3.52. The molecule has 3 heterocycles. The molecule has 0 spiro atoms. The highest BCUT2D eigenvalue weighted by molar-refractivity contribution is 7.14. The zero-order chi connectivity index (χ0) is 21.3. The molecule has 2 aromatic heterocycles. The van der Waals surface area contributed by atoms with E-state index in [4.69, 9.17) is 4.74 Å². The number of anilines is 1. The van der Waals surface area contributed by atoms with Crippen LogP contribution < -0.4 is 15.4 Å². The maximum absolute atomic E-state index is 12.5. The monoisotopic (exact) mass is 437 g/mol. The molecule has 3 aromatic rings. The lowest BCUT2D eigenvalue weighted by molar-refractivity contribution is -0.115. The lowest BCUT2D eigenvalue weighted by Crippen LogP contribution is -2.43. The Labute approximate surface area is 186 Å². The molecule has 4 rings (SSSR count). The average Bonchev–Trinajstić information content (AvgIpc) is 3.27. The van der Waals surface area contributed by atoms with Crippen LogP contribution in [0.1, 0.15) is 12.0 Å². The second-order valence-corrected chi connectivity index (χ2v) is 8.37. The maximum atomic E-state index is 12.5. The van der Waals surface area contributed by atoms with Gasteiger partial charge in [-0.15, -0.1) is 11.3 Å². The maximum Gasteiger partial charge on any atom is 0.229 e. The zero-order valence-electron chi connectivity index (χ0n) is 17.4. The molecule has 1 saturated heterocycles. The summed E-state index contributed by atoms with van der Waals surface area (Å²) >= 11 is 1.49. The summed E-state index contributed by atoms with van der Waals surface area (Å²) < 4.78 is 5.91. The number of benzene rings is 1. The molecule has 162 valence electrons. The Bertz CT molecular complexity index is 973. The minimum Gasteiger partial charge on any atom is -0.494 e. The number of carbonyl (C=O) groups is 1. The highest BCUT2D eigenvalue weighted by atomic mass is 32.1. The van der Waals surface area contributed by atoms with Gasteiger partial charge in [-0.25, -0.2) is 9.97 Å². The summed E-state index contributed by atoms with van der Waals surface area (Å²) in [4.78, 5) is 23.1. The molecule has 2 N–H and O–H groups in total. The van der Waals surface area contributed by atoms with Crippen molar-refractivity contribution in [1.82, 2.24) is 20.2 Å². The van der Waals surface area contributed by atoms with Crippen LogP contribution in [0.25, 0.3) is 11.3 Å². The first kappa shape index (κ1) is 21.4. The van der Waals surface area contributed by atoms with Gasteiger partial charge in [-0.05, 0) is 36.2 Å². The van der Waals surface area contributed by atoms with Gasteiger partial charge in [-0.2, -0.15) is 0 Å². The van der Waals surface area contributed by atoms with E-state index in [1.807, 2.05) is 41.8 Å². The summed E-state index contributed by atoms with van der Waals surface area (Å²) in [6, 6.07) is 11.6. The third kappa shape index (κ3) is 6.58. The van der Waals surface area contributed by atoms with E-state index in [9.17, 15) is 4.79 Å². The fourth-order valence-corrected chi connectivity index (χ4v) is 4.33. The van der Waals surface area contributed by atoms with Crippen molar-refractivity contribution in [2.45, 2.75) is 12.8 Å². The van der Waals surface area contributed by atoms with Gasteiger partial charge >= 0.3 is 0 Å². The van der Waals surface area contributed by atoms with Crippen molar-refractivity contribution in [3.05, 3.63) is 59.9 Å². The van der Waals surface area contributed by atoms with E-state index >= 15 is 0 Å². The van der Waals surface area contributed by atoms with Crippen LogP contribution >= 0.6 is 11.3 Å². The quantitative estimate of drug-likeness (QED) is 0.501. The number of carbonyl (C=O) groups excluding carboxylic acids is 1. The normalized spacial score (nSPS) is 14.3. The molecule has 31 heavy (non-hydrogen) atoms. The number of ether oxygens (including phenoxy) is 1. The van der Waals surface area contributed by atoms with Crippen molar-refractivity contribution in [2.24, 2.45) is 0 Å². The summed E-state index contributed by atoms with van der Waals surface area (Å²) in [5.74, 6) is 0.764. The van der Waals surface area contributed by atoms with E-state index in [0.717, 1.165) is 66.7 Å². The standard InChI is InChI=1S/C23H27N5O2S/c29-22(27-23-15-19(16-31-23)21-5-6-25-17-26-21)14-18-3-1-4-20(13-18)30-12-2-9-28-10-7-24-8-11-28/h1,3-6,13,15-17,24H,2,7-12,14H2,(H,27,29). The van der Waals surface area contributed by atoms with Gasteiger partial charge in [-0.3, -0.25) is 4.79 Å². The summed E-state index contributed by atoms with van der Waals surface area (Å²) in [5.41, 5.74) is 2.75. The van der Waals surface area contributed by atoms with Crippen LogP contribution in [-0.4, -0.2) is 60.1 Å². The van der Waals surface area contributed by atoms with Gasteiger partial charge in [0.1, 0.15) is 12.1 Å². The van der Waals surface area contributed by atoms with Gasteiger partial charge in [-0.1, -0.05) is 12.1 Å². The second kappa shape index (κ2) is 11.0. The van der Waals surface area contributed by atoms with Crippen molar-refractivity contribution < 1.29 is 9.53 Å². The molecule has 1 aliphatic rings. The average molecular weight is 438 g/mol. The van der Waals surface area contributed by atoms with Gasteiger partial charge in [0, 0.05) is 49.9 Å². The molecular weight excluding hydrogens is 410 g/mol. The number of piperazine rings is 1. The Morgan fingerprint density at radius 1 is 1.23 bits per heavy atom. The lowest BCUT2D eigenvalue weighted by Gasteiger charge is -2.26. The largest absolute Gasteiger partial charge is 0.494 e. The zero-order valence-corrected chi connectivity index (χ0v) is 18.2. The molecule has 0 atom stereocenters. The van der Waals surface area contributed by atoms with Crippen molar-refractivity contribution in [2.75, 3.05) is 44.6 Å². The number of thiophene rings is 1. The number of hydrogen-bond donors (Lipinski definition) is 2. The Morgan fingerprint density at radius 2 is 2.13 bits per heavy atom. The van der Waals surface area contributed by atoms with Crippen molar-refractivity contribution >= 4 is 22.2 Å². The molecule has 0 aliphatic carbocycles. The summed E-state index contributed by atoms with van der Waals surface area (Å²) in [5, 5.41) is 9.12. The molecule has 8 heteroatoms. The number of hydrogen-bond acceptors (Lipinski definition) is 7. The van der Waals surface area contributed by atoms with E-state index in [2.05, 4.69) is 25.5 Å². The second-order valence-electron chi connectivity index (χ2n) is 7.46. The van der Waals surface area contributed by atoms with Crippen LogP contribution in [0.15, 0.2) is 54.3 Å². The van der Waals surface area contributed by atoms with Crippen molar-refractivity contribution in [3.8, 4) is 17.0 Å². The molecule has 0 bridgehead atoms. The summed E-state index contributed by atoms with van der Waals surface area (Å²) in [6.07, 6.45) is 4.53. The van der Waals surface area contributed by atoms with Crippen LogP contribution in [-0.2, 0) is 11.2 Å².